The van der Waals surface area contributed by atoms with Crippen molar-refractivity contribution in [2.45, 2.75) is 63.3 Å². The summed E-state index contributed by atoms with van der Waals surface area (Å²) in [5.41, 5.74) is 0.770. The van der Waals surface area contributed by atoms with Crippen molar-refractivity contribution in [3.63, 3.8) is 0 Å². The molecule has 3 aromatic rings. The largest absolute Gasteiger partial charge is 0.416 e. The lowest BCUT2D eigenvalue weighted by Crippen LogP contribution is -2.47. The van der Waals surface area contributed by atoms with Gasteiger partial charge in [-0.2, -0.15) is 13.2 Å². The average molecular weight is 588 g/mol. The topological polar surface area (TPSA) is 97.2 Å². The summed E-state index contributed by atoms with van der Waals surface area (Å²) < 4.78 is 69.1. The van der Waals surface area contributed by atoms with Crippen LogP contribution in [0.15, 0.2) is 42.7 Å². The molecule has 41 heavy (non-hydrogen) atoms. The lowest BCUT2D eigenvalue weighted by Gasteiger charge is -2.39. The Morgan fingerprint density at radius 3 is 2.59 bits per heavy atom. The zero-order valence-corrected chi connectivity index (χ0v) is 23.7. The van der Waals surface area contributed by atoms with Gasteiger partial charge in [0.15, 0.2) is 9.84 Å². The highest BCUT2D eigenvalue weighted by Crippen LogP contribution is 2.42. The minimum atomic E-state index is -4.61. The van der Waals surface area contributed by atoms with Crippen LogP contribution in [-0.2, 0) is 36.2 Å². The molecule has 0 bridgehead atoms. The fourth-order valence-electron chi connectivity index (χ4n) is 6.41. The van der Waals surface area contributed by atoms with Crippen LogP contribution in [0.3, 0.4) is 0 Å². The van der Waals surface area contributed by atoms with Crippen LogP contribution in [-0.4, -0.2) is 46.1 Å². The fourth-order valence-corrected chi connectivity index (χ4v) is 8.25. The molecule has 218 valence electrons. The number of sulfone groups is 1. The number of nitrogens with zero attached hydrogens (tertiary/aromatic N) is 4. The van der Waals surface area contributed by atoms with Crippen molar-refractivity contribution < 1.29 is 26.4 Å². The Bertz CT molecular complexity index is 1610. The molecule has 1 amide bonds. The number of aromatic nitrogens is 3. The summed E-state index contributed by atoms with van der Waals surface area (Å²) in [6.45, 7) is 2.10. The molecule has 1 saturated heterocycles. The van der Waals surface area contributed by atoms with Gasteiger partial charge in [-0.15, -0.1) is 10.2 Å². The van der Waals surface area contributed by atoms with Crippen LogP contribution in [0.5, 0.6) is 0 Å². The third kappa shape index (κ3) is 5.27. The monoisotopic (exact) mass is 587 g/mol. The van der Waals surface area contributed by atoms with E-state index in [0.29, 0.717) is 23.5 Å². The maximum atomic E-state index is 14.2. The van der Waals surface area contributed by atoms with Crippen LogP contribution >= 0.6 is 0 Å². The van der Waals surface area contributed by atoms with E-state index in [4.69, 9.17) is 0 Å². The molecule has 0 unspecified atom stereocenters. The van der Waals surface area contributed by atoms with Gasteiger partial charge in [0.1, 0.15) is 12.2 Å². The minimum absolute atomic E-state index is 0.00758. The number of hydrogen-bond donors (Lipinski definition) is 1. The number of anilines is 1. The Morgan fingerprint density at radius 1 is 1.20 bits per heavy atom. The third-order valence-electron chi connectivity index (χ3n) is 8.89. The molecule has 2 fully saturated rings. The number of alkyl halides is 3. The summed E-state index contributed by atoms with van der Waals surface area (Å²) in [7, 11) is -1.41. The van der Waals surface area contributed by atoms with E-state index >= 15 is 0 Å². The Hall–Kier alpha value is -3.25. The molecule has 1 N–H and O–H groups in total. The molecule has 2 atom stereocenters. The Morgan fingerprint density at radius 2 is 1.98 bits per heavy atom. The predicted octanol–water partition coefficient (Wildman–Crippen LogP) is 4.59. The number of halogens is 3. The van der Waals surface area contributed by atoms with Gasteiger partial charge in [0.2, 0.25) is 0 Å². The summed E-state index contributed by atoms with van der Waals surface area (Å²) in [4.78, 5) is 15.0. The van der Waals surface area contributed by atoms with Crippen LogP contribution < -0.4 is 10.2 Å². The van der Waals surface area contributed by atoms with E-state index in [0.717, 1.165) is 30.9 Å². The highest BCUT2D eigenvalue weighted by molar-refractivity contribution is 7.91. The molecule has 6 rings (SSSR count). The standard InChI is InChI=1S/C29H32F3N5O3S/c1-28(8-4-9-28)33-14-18-11-22-23(24(12-18)29(30,31)32)15-37(27(22)38)21-6-3-5-19(13-21)25(26-35-34-17-36(26)2)20-7-10-41(39,40)16-20/h3,5-6,11-13,17,20,25,33H,4,7-10,14-16H2,1-2H3/t20-,25-/m1/s1. The van der Waals surface area contributed by atoms with Crippen molar-refractivity contribution in [3.8, 4) is 0 Å². The van der Waals surface area contributed by atoms with Crippen LogP contribution in [0, 0.1) is 5.92 Å². The number of amides is 1. The zero-order valence-electron chi connectivity index (χ0n) is 22.9. The van der Waals surface area contributed by atoms with Crippen molar-refractivity contribution in [2.75, 3.05) is 16.4 Å². The number of benzene rings is 2. The first-order valence-electron chi connectivity index (χ1n) is 13.8. The van der Waals surface area contributed by atoms with Crippen LogP contribution in [0.1, 0.15) is 77.0 Å². The Balaban J connectivity index is 1.34. The number of hydrogen-bond acceptors (Lipinski definition) is 6. The van der Waals surface area contributed by atoms with E-state index < -0.39 is 33.4 Å². The van der Waals surface area contributed by atoms with Gasteiger partial charge in [-0.25, -0.2) is 8.42 Å². The van der Waals surface area contributed by atoms with Crippen LogP contribution in [0.2, 0.25) is 0 Å². The summed E-state index contributed by atoms with van der Waals surface area (Å²) >= 11 is 0. The van der Waals surface area contributed by atoms with Crippen LogP contribution in [0.25, 0.3) is 0 Å². The summed E-state index contributed by atoms with van der Waals surface area (Å²) in [6, 6.07) is 9.78. The maximum absolute atomic E-state index is 14.2. The zero-order chi connectivity index (χ0) is 29.2. The molecule has 1 aliphatic carbocycles. The van der Waals surface area contributed by atoms with E-state index in [1.54, 1.807) is 42.2 Å². The lowest BCUT2D eigenvalue weighted by molar-refractivity contribution is -0.138. The van der Waals surface area contributed by atoms with Crippen molar-refractivity contribution in [2.24, 2.45) is 13.0 Å². The summed E-state index contributed by atoms with van der Waals surface area (Å²) in [6.07, 6.45) is 0.422. The van der Waals surface area contributed by atoms with Gasteiger partial charge in [0, 0.05) is 36.3 Å². The molecular weight excluding hydrogens is 555 g/mol. The van der Waals surface area contributed by atoms with Gasteiger partial charge in [0.05, 0.1) is 23.6 Å². The molecular formula is C29H32F3N5O3S. The SMILES string of the molecule is Cn1cnnc1[C@H](c1cccc(N2Cc3c(cc(CNC4(C)CCC4)cc3C(F)(F)F)C2=O)c1)[C@@H]1CCS(=O)(=O)C1. The first-order valence-corrected chi connectivity index (χ1v) is 15.6. The van der Waals surface area contributed by atoms with E-state index in [9.17, 15) is 26.4 Å². The second kappa shape index (κ2) is 9.94. The van der Waals surface area contributed by atoms with Gasteiger partial charge in [-0.05, 0) is 79.5 Å². The van der Waals surface area contributed by atoms with Gasteiger partial charge in [-0.1, -0.05) is 12.1 Å². The van der Waals surface area contributed by atoms with Gasteiger partial charge in [-0.3, -0.25) is 4.79 Å². The molecule has 2 aromatic carbocycles. The molecule has 0 spiro atoms. The van der Waals surface area contributed by atoms with Crippen molar-refractivity contribution in [1.82, 2.24) is 20.1 Å². The number of aryl methyl sites for hydroxylation is 1. The number of carbonyl (C=O) groups is 1. The number of carbonyl (C=O) groups excluding carboxylic acids is 1. The van der Waals surface area contributed by atoms with Gasteiger partial charge in [0.25, 0.3) is 5.91 Å². The quantitative estimate of drug-likeness (QED) is 0.434. The Labute approximate surface area is 236 Å². The summed E-state index contributed by atoms with van der Waals surface area (Å²) in [5.74, 6) is -0.449. The molecule has 1 aromatic heterocycles. The van der Waals surface area contributed by atoms with E-state index in [1.807, 2.05) is 6.07 Å². The minimum Gasteiger partial charge on any atom is -0.320 e. The van der Waals surface area contributed by atoms with Crippen LogP contribution in [0.4, 0.5) is 18.9 Å². The highest BCUT2D eigenvalue weighted by atomic mass is 32.2. The first-order chi connectivity index (χ1) is 19.3. The molecule has 0 radical (unpaired) electrons. The number of nitrogens with one attached hydrogen (secondary N) is 1. The molecule has 2 aliphatic heterocycles. The normalized spacial score (nSPS) is 22.0. The molecule has 3 heterocycles. The second-order valence-electron chi connectivity index (χ2n) is 11.9. The molecule has 1 saturated carbocycles. The van der Waals surface area contributed by atoms with Crippen molar-refractivity contribution >= 4 is 21.4 Å². The number of rotatable bonds is 7. The molecule has 8 nitrogen and oxygen atoms in total. The molecule has 3 aliphatic rings. The molecule has 12 heteroatoms. The van der Waals surface area contributed by atoms with Crippen molar-refractivity contribution in [3.05, 3.63) is 76.4 Å². The lowest BCUT2D eigenvalue weighted by atomic mass is 9.78. The van der Waals surface area contributed by atoms with Crippen molar-refractivity contribution in [1.29, 1.82) is 0 Å². The smallest absolute Gasteiger partial charge is 0.320 e. The maximum Gasteiger partial charge on any atom is 0.416 e. The van der Waals surface area contributed by atoms with E-state index in [1.165, 1.54) is 4.90 Å². The highest BCUT2D eigenvalue weighted by Gasteiger charge is 2.42. The number of fused-ring (bicyclic) bond motifs is 1. The summed E-state index contributed by atoms with van der Waals surface area (Å²) in [5, 5.41) is 11.6. The van der Waals surface area contributed by atoms with Gasteiger partial charge >= 0.3 is 6.18 Å². The van der Waals surface area contributed by atoms with Gasteiger partial charge < -0.3 is 14.8 Å². The average Bonchev–Trinajstić information content (AvgIpc) is 3.58. The first kappa shape index (κ1) is 27.9. The predicted molar refractivity (Wildman–Crippen MR) is 147 cm³/mol. The third-order valence-corrected chi connectivity index (χ3v) is 10.7. The fraction of sp³-hybridized carbons (Fsp3) is 0.483. The second-order valence-corrected chi connectivity index (χ2v) is 14.1. The van der Waals surface area contributed by atoms with E-state index in [-0.39, 0.29) is 47.2 Å². The van der Waals surface area contributed by atoms with E-state index in [2.05, 4.69) is 22.4 Å². The Kier molecular flexibility index (Phi) is 6.76.